The Hall–Kier alpha value is -2.56. The second-order valence-corrected chi connectivity index (χ2v) is 4.69. The first kappa shape index (κ1) is 13.4. The Bertz CT molecular complexity index is 808. The van der Waals surface area contributed by atoms with E-state index >= 15 is 0 Å². The highest BCUT2D eigenvalue weighted by atomic mass is 16.5. The van der Waals surface area contributed by atoms with Crippen molar-refractivity contribution in [3.63, 3.8) is 0 Å². The molecule has 0 fully saturated rings. The molecule has 1 aromatic carbocycles. The third kappa shape index (κ3) is 2.31. The fourth-order valence-corrected chi connectivity index (χ4v) is 2.63. The predicted octanol–water partition coefficient (Wildman–Crippen LogP) is 3.78. The quantitative estimate of drug-likeness (QED) is 0.796. The molecule has 0 aliphatic rings. The zero-order valence-corrected chi connectivity index (χ0v) is 12.1. The van der Waals surface area contributed by atoms with Gasteiger partial charge in [0.25, 0.3) is 0 Å². The Morgan fingerprint density at radius 2 is 2.05 bits per heavy atom. The average Bonchev–Trinajstić information content (AvgIpc) is 2.81. The summed E-state index contributed by atoms with van der Waals surface area (Å²) in [5, 5.41) is 4.88. The van der Waals surface area contributed by atoms with Crippen LogP contribution in [0.2, 0.25) is 0 Å². The van der Waals surface area contributed by atoms with Gasteiger partial charge in [0, 0.05) is 22.8 Å². The topological polar surface area (TPSA) is 56.1 Å². The van der Waals surface area contributed by atoms with Gasteiger partial charge in [-0.2, -0.15) is 0 Å². The number of hydrogen-bond acceptors (Lipinski definition) is 3. The van der Waals surface area contributed by atoms with Crippen LogP contribution in [0.15, 0.2) is 36.5 Å². The number of hydrogen-bond donors (Lipinski definition) is 1. The van der Waals surface area contributed by atoms with Crippen LogP contribution in [0.1, 0.15) is 13.8 Å². The molecule has 0 bridgehead atoms. The number of carbonyl (C=O) groups excluding carboxylic acids is 1. The first-order chi connectivity index (χ1) is 10.2. The van der Waals surface area contributed by atoms with Crippen LogP contribution in [0.4, 0.5) is 10.6 Å². The Morgan fingerprint density at radius 1 is 1.24 bits per heavy atom. The van der Waals surface area contributed by atoms with Gasteiger partial charge in [0.2, 0.25) is 0 Å². The van der Waals surface area contributed by atoms with E-state index in [4.69, 9.17) is 4.74 Å². The summed E-state index contributed by atoms with van der Waals surface area (Å²) in [6.45, 7) is 5.08. The van der Waals surface area contributed by atoms with Crippen molar-refractivity contribution in [3.8, 4) is 0 Å². The lowest BCUT2D eigenvalue weighted by molar-refractivity contribution is 0.168. The molecule has 5 heteroatoms. The maximum absolute atomic E-state index is 11.5. The maximum Gasteiger partial charge on any atom is 0.412 e. The molecule has 0 aliphatic carbocycles. The van der Waals surface area contributed by atoms with Crippen LogP contribution >= 0.6 is 0 Å². The second kappa shape index (κ2) is 5.44. The third-order valence-corrected chi connectivity index (χ3v) is 3.48. The number of aryl methyl sites for hydroxylation is 1. The summed E-state index contributed by atoms with van der Waals surface area (Å²) in [5.74, 6) is 0.500. The van der Waals surface area contributed by atoms with Gasteiger partial charge in [-0.1, -0.05) is 18.2 Å². The van der Waals surface area contributed by atoms with E-state index in [2.05, 4.69) is 33.9 Å². The van der Waals surface area contributed by atoms with Crippen molar-refractivity contribution >= 4 is 33.7 Å². The molecule has 0 atom stereocenters. The van der Waals surface area contributed by atoms with E-state index in [0.717, 1.165) is 22.8 Å². The van der Waals surface area contributed by atoms with Gasteiger partial charge in [-0.25, -0.2) is 9.78 Å². The molecule has 2 aromatic heterocycles. The highest BCUT2D eigenvalue weighted by molar-refractivity contribution is 6.08. The lowest BCUT2D eigenvalue weighted by atomic mass is 10.2. The smallest absolute Gasteiger partial charge is 0.412 e. The maximum atomic E-state index is 11.5. The Kier molecular flexibility index (Phi) is 3.48. The van der Waals surface area contributed by atoms with Gasteiger partial charge in [-0.05, 0) is 26.0 Å². The standard InChI is InChI=1S/C16H17N3O2/c1-3-19-13-8-6-5-7-11(13)12-9-15(17-10-14(12)19)18-16(20)21-4-2/h5-10H,3-4H2,1-2H3,(H,17,18,20). The molecule has 108 valence electrons. The largest absolute Gasteiger partial charge is 0.450 e. The van der Waals surface area contributed by atoms with Gasteiger partial charge in [-0.3, -0.25) is 5.32 Å². The van der Waals surface area contributed by atoms with Crippen molar-refractivity contribution in [2.45, 2.75) is 20.4 Å². The van der Waals surface area contributed by atoms with E-state index in [-0.39, 0.29) is 0 Å². The van der Waals surface area contributed by atoms with E-state index in [0.29, 0.717) is 12.4 Å². The lowest BCUT2D eigenvalue weighted by Gasteiger charge is -2.05. The van der Waals surface area contributed by atoms with E-state index in [1.54, 1.807) is 13.1 Å². The number of benzene rings is 1. The Morgan fingerprint density at radius 3 is 2.81 bits per heavy atom. The van der Waals surface area contributed by atoms with Gasteiger partial charge < -0.3 is 9.30 Å². The number of ether oxygens (including phenoxy) is 1. The summed E-state index contributed by atoms with van der Waals surface area (Å²) >= 11 is 0. The summed E-state index contributed by atoms with van der Waals surface area (Å²) in [4.78, 5) is 15.8. The minimum atomic E-state index is -0.483. The zero-order valence-electron chi connectivity index (χ0n) is 12.1. The molecule has 0 aliphatic heterocycles. The van der Waals surface area contributed by atoms with E-state index in [1.807, 2.05) is 18.2 Å². The number of fused-ring (bicyclic) bond motifs is 3. The van der Waals surface area contributed by atoms with Gasteiger partial charge >= 0.3 is 6.09 Å². The highest BCUT2D eigenvalue weighted by Gasteiger charge is 2.11. The SMILES string of the molecule is CCOC(=O)Nc1cc2c3ccccc3n(CC)c2cn1. The monoisotopic (exact) mass is 283 g/mol. The summed E-state index contributed by atoms with van der Waals surface area (Å²) < 4.78 is 7.09. The average molecular weight is 283 g/mol. The lowest BCUT2D eigenvalue weighted by Crippen LogP contribution is -2.14. The molecule has 21 heavy (non-hydrogen) atoms. The normalized spacial score (nSPS) is 11.0. The molecule has 3 aromatic rings. The fourth-order valence-electron chi connectivity index (χ4n) is 2.63. The number of nitrogens with one attached hydrogen (secondary N) is 1. The molecule has 0 saturated carbocycles. The molecular formula is C16H17N3O2. The van der Waals surface area contributed by atoms with Crippen molar-refractivity contribution < 1.29 is 9.53 Å². The Labute approximate surface area is 122 Å². The summed E-state index contributed by atoms with van der Waals surface area (Å²) in [7, 11) is 0. The number of nitrogens with zero attached hydrogens (tertiary/aromatic N) is 2. The van der Waals surface area contributed by atoms with Gasteiger partial charge in [0.15, 0.2) is 0 Å². The van der Waals surface area contributed by atoms with Crippen LogP contribution in [-0.4, -0.2) is 22.3 Å². The number of aromatic nitrogens is 2. The van der Waals surface area contributed by atoms with Gasteiger partial charge in [0.1, 0.15) is 5.82 Å². The Balaban J connectivity index is 2.13. The molecule has 0 spiro atoms. The van der Waals surface area contributed by atoms with E-state index in [9.17, 15) is 4.79 Å². The van der Waals surface area contributed by atoms with Crippen LogP contribution in [0, 0.1) is 0 Å². The van der Waals surface area contributed by atoms with Crippen LogP contribution in [0.3, 0.4) is 0 Å². The van der Waals surface area contributed by atoms with E-state index in [1.165, 1.54) is 5.52 Å². The fraction of sp³-hybridized carbons (Fsp3) is 0.250. The number of amides is 1. The molecule has 2 heterocycles. The van der Waals surface area contributed by atoms with Crippen molar-refractivity contribution in [2.24, 2.45) is 0 Å². The van der Waals surface area contributed by atoms with Crippen LogP contribution in [0.25, 0.3) is 21.8 Å². The molecule has 0 unspecified atom stereocenters. The molecule has 0 radical (unpaired) electrons. The van der Waals surface area contributed by atoms with Crippen molar-refractivity contribution in [3.05, 3.63) is 36.5 Å². The second-order valence-electron chi connectivity index (χ2n) is 4.69. The number of pyridine rings is 1. The van der Waals surface area contributed by atoms with Crippen molar-refractivity contribution in [2.75, 3.05) is 11.9 Å². The predicted molar refractivity (Wildman–Crippen MR) is 83.6 cm³/mol. The van der Waals surface area contributed by atoms with Crippen LogP contribution < -0.4 is 5.32 Å². The van der Waals surface area contributed by atoms with Crippen LogP contribution in [0.5, 0.6) is 0 Å². The minimum absolute atomic E-state index is 0.337. The molecule has 3 rings (SSSR count). The summed E-state index contributed by atoms with van der Waals surface area (Å²) in [5.41, 5.74) is 2.23. The first-order valence-electron chi connectivity index (χ1n) is 7.05. The van der Waals surface area contributed by atoms with Crippen molar-refractivity contribution in [1.29, 1.82) is 0 Å². The minimum Gasteiger partial charge on any atom is -0.450 e. The number of anilines is 1. The summed E-state index contributed by atoms with van der Waals surface area (Å²) in [6, 6.07) is 10.1. The molecule has 1 N–H and O–H groups in total. The van der Waals surface area contributed by atoms with E-state index < -0.39 is 6.09 Å². The number of para-hydroxylation sites is 1. The molecule has 5 nitrogen and oxygen atoms in total. The molecular weight excluding hydrogens is 266 g/mol. The zero-order chi connectivity index (χ0) is 14.8. The number of carbonyl (C=O) groups is 1. The van der Waals surface area contributed by atoms with Gasteiger partial charge in [-0.15, -0.1) is 0 Å². The summed E-state index contributed by atoms with van der Waals surface area (Å²) in [6.07, 6.45) is 1.31. The first-order valence-corrected chi connectivity index (χ1v) is 7.05. The highest BCUT2D eigenvalue weighted by Crippen LogP contribution is 2.29. The molecule has 0 saturated heterocycles. The number of rotatable bonds is 3. The molecule has 1 amide bonds. The van der Waals surface area contributed by atoms with Crippen molar-refractivity contribution in [1.82, 2.24) is 9.55 Å². The van der Waals surface area contributed by atoms with Crippen LogP contribution in [-0.2, 0) is 11.3 Å². The third-order valence-electron chi connectivity index (χ3n) is 3.48. The van der Waals surface area contributed by atoms with Gasteiger partial charge in [0.05, 0.1) is 18.3 Å².